The van der Waals surface area contributed by atoms with E-state index in [1.165, 1.54) is 0 Å². The molecule has 1 N–H and O–H groups in total. The average molecular weight is 362 g/mol. The third-order valence-electron chi connectivity index (χ3n) is 4.88. The Labute approximate surface area is 159 Å². The lowest BCUT2D eigenvalue weighted by Gasteiger charge is -2.07. The number of nitrogens with one attached hydrogen (secondary N) is 1. The normalized spacial score (nSPS) is 11.1. The summed E-state index contributed by atoms with van der Waals surface area (Å²) in [5, 5.41) is 11.4. The lowest BCUT2D eigenvalue weighted by Crippen LogP contribution is -2.12. The fourth-order valence-electron chi connectivity index (χ4n) is 3.47. The van der Waals surface area contributed by atoms with E-state index in [1.807, 2.05) is 48.5 Å². The summed E-state index contributed by atoms with van der Waals surface area (Å²) in [4.78, 5) is 25.0. The highest BCUT2D eigenvalue weighted by molar-refractivity contribution is 6.07. The van der Waals surface area contributed by atoms with Gasteiger partial charge in [-0.25, -0.2) is 9.97 Å². The average Bonchev–Trinajstić information content (AvgIpc) is 2.73. The molecule has 0 aliphatic heterocycles. The van der Waals surface area contributed by atoms with Crippen molar-refractivity contribution in [3.05, 3.63) is 94.0 Å². The fourth-order valence-corrected chi connectivity index (χ4v) is 3.47. The number of benzene rings is 3. The molecule has 0 atom stereocenters. The summed E-state index contributed by atoms with van der Waals surface area (Å²) >= 11 is 0. The molecule has 0 aliphatic carbocycles. The molecule has 5 aromatic rings. The molecule has 0 radical (unpaired) electrons. The van der Waals surface area contributed by atoms with E-state index in [0.29, 0.717) is 28.7 Å². The van der Waals surface area contributed by atoms with Crippen LogP contribution in [0.1, 0.15) is 17.0 Å². The van der Waals surface area contributed by atoms with Crippen LogP contribution < -0.4 is 5.56 Å². The standard InChI is InChI=1S/C23H14N4O/c24-13-15-7-5-14(6-8-15)11-21-26-22-17(23(28)27-21)9-10-20-18(22)12-16-3-1-2-4-19(16)25-20/h1-10,12H,11H2,(H,26,27,28). The van der Waals surface area contributed by atoms with Gasteiger partial charge >= 0.3 is 0 Å². The van der Waals surface area contributed by atoms with Crippen LogP contribution in [0.25, 0.3) is 32.7 Å². The van der Waals surface area contributed by atoms with Gasteiger partial charge in [0.1, 0.15) is 5.82 Å². The van der Waals surface area contributed by atoms with Crippen LogP contribution >= 0.6 is 0 Å². The maximum Gasteiger partial charge on any atom is 0.258 e. The van der Waals surface area contributed by atoms with Crippen molar-refractivity contribution < 1.29 is 0 Å². The van der Waals surface area contributed by atoms with E-state index in [2.05, 4.69) is 11.1 Å². The smallest absolute Gasteiger partial charge is 0.258 e. The van der Waals surface area contributed by atoms with Crippen LogP contribution in [0.5, 0.6) is 0 Å². The van der Waals surface area contributed by atoms with Gasteiger partial charge in [-0.15, -0.1) is 0 Å². The lowest BCUT2D eigenvalue weighted by atomic mass is 10.1. The molecule has 0 unspecified atom stereocenters. The van der Waals surface area contributed by atoms with Crippen molar-refractivity contribution in [2.75, 3.05) is 0 Å². The molecule has 3 aromatic carbocycles. The van der Waals surface area contributed by atoms with Gasteiger partial charge in [0.2, 0.25) is 0 Å². The molecule has 2 heterocycles. The van der Waals surface area contributed by atoms with Crippen LogP contribution in [0, 0.1) is 11.3 Å². The first-order chi connectivity index (χ1) is 13.7. The summed E-state index contributed by atoms with van der Waals surface area (Å²) < 4.78 is 0. The number of hydrogen-bond acceptors (Lipinski definition) is 4. The highest BCUT2D eigenvalue weighted by Crippen LogP contribution is 2.25. The molecule has 5 rings (SSSR count). The van der Waals surface area contributed by atoms with E-state index < -0.39 is 0 Å². The Hall–Kier alpha value is -4.04. The molecule has 0 spiro atoms. The molecular weight excluding hydrogens is 348 g/mol. The van der Waals surface area contributed by atoms with Crippen LogP contribution in [-0.4, -0.2) is 15.0 Å². The topological polar surface area (TPSA) is 82.4 Å². The summed E-state index contributed by atoms with van der Waals surface area (Å²) in [6, 6.07) is 23.0. The number of rotatable bonds is 2. The fraction of sp³-hybridized carbons (Fsp3) is 0.0435. The van der Waals surface area contributed by atoms with Crippen LogP contribution in [-0.2, 0) is 6.42 Å². The maximum atomic E-state index is 12.6. The zero-order chi connectivity index (χ0) is 19.1. The zero-order valence-corrected chi connectivity index (χ0v) is 14.8. The van der Waals surface area contributed by atoms with Gasteiger partial charge in [-0.2, -0.15) is 5.26 Å². The van der Waals surface area contributed by atoms with E-state index in [-0.39, 0.29) is 5.56 Å². The van der Waals surface area contributed by atoms with Crippen molar-refractivity contribution >= 4 is 32.7 Å². The second-order valence-corrected chi connectivity index (χ2v) is 6.71. The SMILES string of the molecule is N#Cc1ccc(Cc2nc3c(ccc4nc5ccccc5cc43)c(=O)[nH]2)cc1. The summed E-state index contributed by atoms with van der Waals surface area (Å²) in [6.07, 6.45) is 0.480. The van der Waals surface area contributed by atoms with Crippen LogP contribution in [0.4, 0.5) is 0 Å². The first kappa shape index (κ1) is 16.2. The van der Waals surface area contributed by atoms with Crippen molar-refractivity contribution in [3.8, 4) is 6.07 Å². The summed E-state index contributed by atoms with van der Waals surface area (Å²) in [5.41, 5.74) is 3.80. The number of nitrogens with zero attached hydrogens (tertiary/aromatic N) is 3. The monoisotopic (exact) mass is 362 g/mol. The van der Waals surface area contributed by atoms with Gasteiger partial charge in [0.05, 0.1) is 33.6 Å². The Morgan fingerprint density at radius 1 is 0.893 bits per heavy atom. The van der Waals surface area contributed by atoms with E-state index in [0.717, 1.165) is 27.4 Å². The van der Waals surface area contributed by atoms with Gasteiger partial charge in [-0.05, 0) is 42.0 Å². The lowest BCUT2D eigenvalue weighted by molar-refractivity contribution is 0.974. The molecule has 0 saturated heterocycles. The summed E-state index contributed by atoms with van der Waals surface area (Å²) in [7, 11) is 0. The number of fused-ring (bicyclic) bond motifs is 4. The first-order valence-electron chi connectivity index (χ1n) is 8.92. The van der Waals surface area contributed by atoms with E-state index >= 15 is 0 Å². The largest absolute Gasteiger partial charge is 0.310 e. The van der Waals surface area contributed by atoms with E-state index in [4.69, 9.17) is 15.2 Å². The Balaban J connectivity index is 1.70. The number of H-pyrrole nitrogens is 1. The highest BCUT2D eigenvalue weighted by atomic mass is 16.1. The molecule has 0 bridgehead atoms. The third-order valence-corrected chi connectivity index (χ3v) is 4.88. The van der Waals surface area contributed by atoms with Crippen LogP contribution in [0.3, 0.4) is 0 Å². The van der Waals surface area contributed by atoms with Gasteiger partial charge in [0.15, 0.2) is 0 Å². The van der Waals surface area contributed by atoms with Crippen molar-refractivity contribution in [1.29, 1.82) is 5.26 Å². The predicted molar refractivity (Wildman–Crippen MR) is 109 cm³/mol. The molecule has 0 fully saturated rings. The molecule has 132 valence electrons. The minimum Gasteiger partial charge on any atom is -0.310 e. The first-order valence-corrected chi connectivity index (χ1v) is 8.92. The Morgan fingerprint density at radius 3 is 2.54 bits per heavy atom. The molecule has 0 amide bonds. The van der Waals surface area contributed by atoms with Gasteiger partial charge in [0, 0.05) is 17.2 Å². The summed E-state index contributed by atoms with van der Waals surface area (Å²) in [5.74, 6) is 0.586. The molecule has 5 nitrogen and oxygen atoms in total. The number of aromatic nitrogens is 3. The van der Waals surface area contributed by atoms with Crippen molar-refractivity contribution in [2.45, 2.75) is 6.42 Å². The van der Waals surface area contributed by atoms with Gasteiger partial charge < -0.3 is 4.98 Å². The Bertz CT molecular complexity index is 1460. The quantitative estimate of drug-likeness (QED) is 0.379. The van der Waals surface area contributed by atoms with Gasteiger partial charge in [-0.1, -0.05) is 30.3 Å². The Kier molecular flexibility index (Phi) is 3.63. The minimum absolute atomic E-state index is 0.163. The van der Waals surface area contributed by atoms with E-state index in [1.54, 1.807) is 18.2 Å². The van der Waals surface area contributed by atoms with Crippen molar-refractivity contribution in [2.24, 2.45) is 0 Å². The molecular formula is C23H14N4O. The zero-order valence-electron chi connectivity index (χ0n) is 14.8. The van der Waals surface area contributed by atoms with Crippen molar-refractivity contribution in [1.82, 2.24) is 15.0 Å². The van der Waals surface area contributed by atoms with Gasteiger partial charge in [-0.3, -0.25) is 4.79 Å². The number of aromatic amines is 1. The predicted octanol–water partition coefficient (Wildman–Crippen LogP) is 4.09. The highest BCUT2D eigenvalue weighted by Gasteiger charge is 2.10. The second-order valence-electron chi connectivity index (χ2n) is 6.71. The molecule has 28 heavy (non-hydrogen) atoms. The summed E-state index contributed by atoms with van der Waals surface area (Å²) in [6.45, 7) is 0. The second kappa shape index (κ2) is 6.29. The molecule has 5 heteroatoms. The molecule has 2 aromatic heterocycles. The number of para-hydroxylation sites is 1. The number of pyridine rings is 1. The van der Waals surface area contributed by atoms with Crippen molar-refractivity contribution in [3.63, 3.8) is 0 Å². The molecule has 0 saturated carbocycles. The number of hydrogen-bond donors (Lipinski definition) is 1. The van der Waals surface area contributed by atoms with Crippen LogP contribution in [0.2, 0.25) is 0 Å². The van der Waals surface area contributed by atoms with Gasteiger partial charge in [0.25, 0.3) is 5.56 Å². The maximum absolute atomic E-state index is 12.6. The molecule has 0 aliphatic rings. The minimum atomic E-state index is -0.163. The van der Waals surface area contributed by atoms with Crippen LogP contribution in [0.15, 0.2) is 71.5 Å². The Morgan fingerprint density at radius 2 is 1.71 bits per heavy atom. The number of nitriles is 1. The third kappa shape index (κ3) is 2.68. The van der Waals surface area contributed by atoms with E-state index in [9.17, 15) is 4.79 Å².